The smallest absolute Gasteiger partial charge is 0.242 e. The van der Waals surface area contributed by atoms with Gasteiger partial charge in [0.2, 0.25) is 10.0 Å². The molecule has 0 saturated heterocycles. The van der Waals surface area contributed by atoms with Crippen molar-refractivity contribution in [3.8, 4) is 0 Å². The largest absolute Gasteiger partial charge is 0.246 e. The van der Waals surface area contributed by atoms with Crippen molar-refractivity contribution in [3.63, 3.8) is 0 Å². The van der Waals surface area contributed by atoms with Gasteiger partial charge >= 0.3 is 0 Å². The van der Waals surface area contributed by atoms with E-state index in [2.05, 4.69) is 20.9 Å². The van der Waals surface area contributed by atoms with Gasteiger partial charge in [0.1, 0.15) is 10.0 Å². The van der Waals surface area contributed by atoms with Gasteiger partial charge in [0.05, 0.1) is 0 Å². The number of rotatable bonds is 7. The molecule has 0 N–H and O–H groups in total. The molecule has 0 amide bonds. The third kappa shape index (κ3) is 4.16. The van der Waals surface area contributed by atoms with Crippen molar-refractivity contribution in [1.82, 2.24) is 9.29 Å². The van der Waals surface area contributed by atoms with E-state index in [9.17, 15) is 8.42 Å². The van der Waals surface area contributed by atoms with Crippen LogP contribution < -0.4 is 0 Å². The molecule has 0 aromatic carbocycles. The molecule has 0 spiro atoms. The number of halogens is 2. The Hall–Kier alpha value is -0.170. The van der Waals surface area contributed by atoms with Gasteiger partial charge in [-0.3, -0.25) is 0 Å². The van der Waals surface area contributed by atoms with E-state index in [-0.39, 0.29) is 16.1 Å². The maximum atomic E-state index is 12.8. The Kier molecular flexibility index (Phi) is 6.91. The van der Waals surface area contributed by atoms with Crippen LogP contribution in [0.3, 0.4) is 0 Å². The fourth-order valence-corrected chi connectivity index (χ4v) is 4.47. The zero-order valence-electron chi connectivity index (χ0n) is 11.9. The molecule has 0 radical (unpaired) electrons. The second-order valence-corrected chi connectivity index (χ2v) is 7.80. The summed E-state index contributed by atoms with van der Waals surface area (Å²) in [4.78, 5) is 3.97. The van der Waals surface area contributed by atoms with Crippen LogP contribution in [0.1, 0.15) is 40.0 Å². The van der Waals surface area contributed by atoms with Gasteiger partial charge in [0, 0.05) is 23.3 Å². The van der Waals surface area contributed by atoms with E-state index in [1.54, 1.807) is 0 Å². The quantitative estimate of drug-likeness (QED) is 0.666. The fraction of sp³-hybridized carbons (Fsp3) is 0.615. The standard InChI is InChI=1S/C13H20BrClN2O2S/c1-4-6-7-17(10(3)5-2)20(18,19)12-8-11(14)9-16-13(12)15/h8-10H,4-7H2,1-3H3. The first-order chi connectivity index (χ1) is 9.34. The van der Waals surface area contributed by atoms with Crippen LogP contribution in [-0.4, -0.2) is 30.3 Å². The molecule has 0 fully saturated rings. The van der Waals surface area contributed by atoms with Gasteiger partial charge in [-0.1, -0.05) is 31.9 Å². The van der Waals surface area contributed by atoms with Gasteiger partial charge < -0.3 is 0 Å². The lowest BCUT2D eigenvalue weighted by Crippen LogP contribution is -2.39. The average Bonchev–Trinajstić information content (AvgIpc) is 2.41. The summed E-state index contributed by atoms with van der Waals surface area (Å²) < 4.78 is 27.7. The molecule has 7 heteroatoms. The Morgan fingerprint density at radius 3 is 2.65 bits per heavy atom. The summed E-state index contributed by atoms with van der Waals surface area (Å²) in [5.74, 6) is 0. The van der Waals surface area contributed by atoms with Crippen LogP contribution >= 0.6 is 27.5 Å². The SMILES string of the molecule is CCCCN(C(C)CC)S(=O)(=O)c1cc(Br)cnc1Cl. The zero-order chi connectivity index (χ0) is 15.3. The van der Waals surface area contributed by atoms with E-state index in [0.717, 1.165) is 19.3 Å². The predicted octanol–water partition coefficient (Wildman–Crippen LogP) is 4.09. The number of hydrogen-bond acceptors (Lipinski definition) is 3. The minimum absolute atomic E-state index is 0.0120. The van der Waals surface area contributed by atoms with Gasteiger partial charge in [0.15, 0.2) is 0 Å². The predicted molar refractivity (Wildman–Crippen MR) is 85.5 cm³/mol. The second kappa shape index (κ2) is 7.73. The Morgan fingerprint density at radius 1 is 1.45 bits per heavy atom. The Balaban J connectivity index is 3.24. The zero-order valence-corrected chi connectivity index (χ0v) is 15.1. The number of aromatic nitrogens is 1. The minimum Gasteiger partial charge on any atom is -0.242 e. The van der Waals surface area contributed by atoms with Crippen molar-refractivity contribution >= 4 is 37.6 Å². The van der Waals surface area contributed by atoms with E-state index < -0.39 is 10.0 Å². The molecule has 0 aliphatic heterocycles. The molecule has 1 rings (SSSR count). The summed E-state index contributed by atoms with van der Waals surface area (Å²) in [5, 5.41) is 0.0120. The molecule has 1 heterocycles. The molecule has 4 nitrogen and oxygen atoms in total. The molecule has 0 bridgehead atoms. The van der Waals surface area contributed by atoms with Crippen molar-refractivity contribution in [2.24, 2.45) is 0 Å². The molecular weight excluding hydrogens is 364 g/mol. The maximum absolute atomic E-state index is 12.8. The van der Waals surface area contributed by atoms with Crippen molar-refractivity contribution in [1.29, 1.82) is 0 Å². The highest BCUT2D eigenvalue weighted by atomic mass is 79.9. The summed E-state index contributed by atoms with van der Waals surface area (Å²) in [6, 6.07) is 1.44. The molecule has 1 unspecified atom stereocenters. The minimum atomic E-state index is -3.63. The molecular formula is C13H20BrClN2O2S. The third-order valence-corrected chi connectivity index (χ3v) is 6.05. The van der Waals surface area contributed by atoms with E-state index in [1.807, 2.05) is 20.8 Å². The molecule has 114 valence electrons. The summed E-state index contributed by atoms with van der Waals surface area (Å²) in [6.07, 6.45) is 4.00. The molecule has 1 aromatic rings. The van der Waals surface area contributed by atoms with Gasteiger partial charge in [-0.05, 0) is 41.8 Å². The molecule has 0 saturated carbocycles. The van der Waals surface area contributed by atoms with Crippen LogP contribution in [0.15, 0.2) is 21.6 Å². The van der Waals surface area contributed by atoms with Gasteiger partial charge in [-0.2, -0.15) is 4.31 Å². The van der Waals surface area contributed by atoms with Crippen LogP contribution in [0, 0.1) is 0 Å². The summed E-state index contributed by atoms with van der Waals surface area (Å²) in [7, 11) is -3.63. The number of pyridine rings is 1. The Morgan fingerprint density at radius 2 is 2.10 bits per heavy atom. The lowest BCUT2D eigenvalue weighted by atomic mass is 10.2. The second-order valence-electron chi connectivity index (χ2n) is 4.67. The molecule has 1 atom stereocenters. The van der Waals surface area contributed by atoms with Crippen LogP contribution in [0.2, 0.25) is 5.15 Å². The van der Waals surface area contributed by atoms with Gasteiger partial charge in [-0.15, -0.1) is 0 Å². The van der Waals surface area contributed by atoms with Crippen LogP contribution in [-0.2, 0) is 10.0 Å². The first kappa shape index (κ1) is 17.9. The average molecular weight is 384 g/mol. The van der Waals surface area contributed by atoms with Crippen molar-refractivity contribution in [2.45, 2.75) is 51.0 Å². The maximum Gasteiger partial charge on any atom is 0.246 e. The monoisotopic (exact) mass is 382 g/mol. The molecule has 0 aliphatic carbocycles. The third-order valence-electron chi connectivity index (χ3n) is 3.17. The lowest BCUT2D eigenvalue weighted by molar-refractivity contribution is 0.324. The highest BCUT2D eigenvalue weighted by Gasteiger charge is 2.30. The highest BCUT2D eigenvalue weighted by molar-refractivity contribution is 9.10. The van der Waals surface area contributed by atoms with Crippen molar-refractivity contribution < 1.29 is 8.42 Å². The van der Waals surface area contributed by atoms with Crippen LogP contribution in [0.25, 0.3) is 0 Å². The van der Waals surface area contributed by atoms with Crippen LogP contribution in [0.4, 0.5) is 0 Å². The van der Waals surface area contributed by atoms with E-state index in [4.69, 9.17) is 11.6 Å². The number of unbranched alkanes of at least 4 members (excludes halogenated alkanes) is 1. The molecule has 20 heavy (non-hydrogen) atoms. The highest BCUT2D eigenvalue weighted by Crippen LogP contribution is 2.27. The van der Waals surface area contributed by atoms with Crippen molar-refractivity contribution in [3.05, 3.63) is 21.9 Å². The fourth-order valence-electron chi connectivity index (χ4n) is 1.81. The van der Waals surface area contributed by atoms with Gasteiger partial charge in [0.25, 0.3) is 0 Å². The first-order valence-corrected chi connectivity index (χ1v) is 9.28. The summed E-state index contributed by atoms with van der Waals surface area (Å²) in [5.41, 5.74) is 0. The normalized spacial score (nSPS) is 13.7. The van der Waals surface area contributed by atoms with E-state index >= 15 is 0 Å². The lowest BCUT2D eigenvalue weighted by Gasteiger charge is -2.27. The van der Waals surface area contributed by atoms with Gasteiger partial charge in [-0.25, -0.2) is 13.4 Å². The Bertz CT molecular complexity index is 551. The molecule has 0 aliphatic rings. The van der Waals surface area contributed by atoms with E-state index in [1.165, 1.54) is 16.6 Å². The molecule has 1 aromatic heterocycles. The summed E-state index contributed by atoms with van der Waals surface area (Å²) in [6.45, 7) is 6.41. The number of nitrogens with zero attached hydrogens (tertiary/aromatic N) is 2. The van der Waals surface area contributed by atoms with Crippen molar-refractivity contribution in [2.75, 3.05) is 6.54 Å². The Labute approximate surface area is 134 Å². The first-order valence-electron chi connectivity index (χ1n) is 6.67. The topological polar surface area (TPSA) is 50.3 Å². The number of hydrogen-bond donors (Lipinski definition) is 0. The number of sulfonamides is 1. The summed E-state index contributed by atoms with van der Waals surface area (Å²) >= 11 is 9.21. The van der Waals surface area contributed by atoms with Crippen LogP contribution in [0.5, 0.6) is 0 Å². The van der Waals surface area contributed by atoms with E-state index in [0.29, 0.717) is 11.0 Å².